The van der Waals surface area contributed by atoms with E-state index < -0.39 is 0 Å². The van der Waals surface area contributed by atoms with Crippen LogP contribution in [0.1, 0.15) is 18.4 Å². The number of halogens is 2. The molecule has 5 nitrogen and oxygen atoms in total. The molecule has 0 amide bonds. The molecule has 0 spiro atoms. The molecule has 1 aliphatic rings. The SMILES string of the molecule is Br.OCCN1CCC(Nc2nc3ccccc3n2Cc2ccc(F)cc2)CC1. The summed E-state index contributed by atoms with van der Waals surface area (Å²) in [4.78, 5) is 7.09. The predicted molar refractivity (Wildman–Crippen MR) is 116 cm³/mol. The molecule has 1 fully saturated rings. The van der Waals surface area contributed by atoms with E-state index in [-0.39, 0.29) is 29.4 Å². The molecule has 2 aromatic carbocycles. The number of hydrogen-bond donors (Lipinski definition) is 2. The standard InChI is InChI=1S/C21H25FN4O.BrH/c22-17-7-5-16(6-8-17)15-26-20-4-2-1-3-19(20)24-21(26)23-18-9-11-25(12-10-18)13-14-27;/h1-8,18,27H,9-15H2,(H,23,24);1H. The number of nitrogens with zero attached hydrogens (tertiary/aromatic N) is 3. The van der Waals surface area contributed by atoms with Crippen molar-refractivity contribution in [2.75, 3.05) is 31.6 Å². The lowest BCUT2D eigenvalue weighted by Crippen LogP contribution is -2.40. The van der Waals surface area contributed by atoms with Crippen molar-refractivity contribution in [1.82, 2.24) is 14.5 Å². The number of para-hydroxylation sites is 2. The average Bonchev–Trinajstić information content (AvgIpc) is 3.02. The number of rotatable bonds is 6. The fourth-order valence-corrected chi connectivity index (χ4v) is 3.74. The number of likely N-dealkylation sites (tertiary alicyclic amines) is 1. The second-order valence-corrected chi connectivity index (χ2v) is 7.12. The first kappa shape index (κ1) is 20.8. The third-order valence-electron chi connectivity index (χ3n) is 5.25. The maximum Gasteiger partial charge on any atom is 0.204 e. The molecular weight excluding hydrogens is 423 g/mol. The molecule has 7 heteroatoms. The Bertz CT molecular complexity index is 891. The van der Waals surface area contributed by atoms with E-state index in [0.717, 1.165) is 55.0 Å². The molecule has 0 aliphatic carbocycles. The number of β-amino-alcohol motifs (C(OH)–C–C–N with tert-alkyl or cyclic N) is 1. The van der Waals surface area contributed by atoms with Crippen LogP contribution < -0.4 is 5.32 Å². The number of aliphatic hydroxyl groups excluding tert-OH is 1. The molecule has 0 unspecified atom stereocenters. The summed E-state index contributed by atoms with van der Waals surface area (Å²) in [6, 6.07) is 15.1. The lowest BCUT2D eigenvalue weighted by atomic mass is 10.1. The number of fused-ring (bicyclic) bond motifs is 1. The third kappa shape index (κ3) is 4.71. The Kier molecular flexibility index (Phi) is 7.04. The van der Waals surface area contributed by atoms with Crippen LogP contribution in [0, 0.1) is 5.82 Å². The molecule has 1 aliphatic heterocycles. The summed E-state index contributed by atoms with van der Waals surface area (Å²) in [5.41, 5.74) is 3.07. The highest BCUT2D eigenvalue weighted by Gasteiger charge is 2.21. The van der Waals surface area contributed by atoms with E-state index in [0.29, 0.717) is 12.6 Å². The molecule has 4 rings (SSSR count). The number of aliphatic hydroxyl groups is 1. The molecule has 0 radical (unpaired) electrons. The van der Waals surface area contributed by atoms with Crippen LogP contribution in [-0.4, -0.2) is 51.8 Å². The number of anilines is 1. The molecule has 2 heterocycles. The Hall–Kier alpha value is -1.96. The number of piperidine rings is 1. The van der Waals surface area contributed by atoms with Gasteiger partial charge in [0.15, 0.2) is 0 Å². The van der Waals surface area contributed by atoms with Crippen LogP contribution in [0.25, 0.3) is 11.0 Å². The maximum absolute atomic E-state index is 13.2. The first-order valence-electron chi connectivity index (χ1n) is 9.52. The lowest BCUT2D eigenvalue weighted by molar-refractivity contribution is 0.168. The van der Waals surface area contributed by atoms with E-state index in [1.54, 1.807) is 0 Å². The molecule has 150 valence electrons. The van der Waals surface area contributed by atoms with Gasteiger partial charge in [-0.15, -0.1) is 17.0 Å². The summed E-state index contributed by atoms with van der Waals surface area (Å²) in [6.07, 6.45) is 2.06. The number of hydrogen-bond acceptors (Lipinski definition) is 4. The van der Waals surface area contributed by atoms with Crippen molar-refractivity contribution in [2.24, 2.45) is 0 Å². The Balaban J connectivity index is 0.00000225. The van der Waals surface area contributed by atoms with Crippen LogP contribution in [-0.2, 0) is 6.54 Å². The summed E-state index contributed by atoms with van der Waals surface area (Å²) in [7, 11) is 0. The average molecular weight is 449 g/mol. The van der Waals surface area contributed by atoms with E-state index in [1.807, 2.05) is 30.3 Å². The summed E-state index contributed by atoms with van der Waals surface area (Å²) >= 11 is 0. The minimum absolute atomic E-state index is 0. The third-order valence-corrected chi connectivity index (χ3v) is 5.25. The molecule has 2 N–H and O–H groups in total. The fraction of sp³-hybridized carbons (Fsp3) is 0.381. The zero-order valence-electron chi connectivity index (χ0n) is 15.7. The van der Waals surface area contributed by atoms with Gasteiger partial charge in [0.1, 0.15) is 5.82 Å². The summed E-state index contributed by atoms with van der Waals surface area (Å²) in [5.74, 6) is 0.642. The van der Waals surface area contributed by atoms with Gasteiger partial charge >= 0.3 is 0 Å². The second kappa shape index (κ2) is 9.49. The zero-order chi connectivity index (χ0) is 18.6. The van der Waals surface area contributed by atoms with Gasteiger partial charge in [-0.1, -0.05) is 24.3 Å². The first-order valence-corrected chi connectivity index (χ1v) is 9.52. The summed E-state index contributed by atoms with van der Waals surface area (Å²) < 4.78 is 15.4. The molecule has 28 heavy (non-hydrogen) atoms. The minimum Gasteiger partial charge on any atom is -0.395 e. The smallest absolute Gasteiger partial charge is 0.204 e. The van der Waals surface area contributed by atoms with Gasteiger partial charge < -0.3 is 19.9 Å². The Morgan fingerprint density at radius 3 is 2.50 bits per heavy atom. The van der Waals surface area contributed by atoms with Crippen LogP contribution in [0.2, 0.25) is 0 Å². The number of aromatic nitrogens is 2. The lowest BCUT2D eigenvalue weighted by Gasteiger charge is -2.32. The van der Waals surface area contributed by atoms with Crippen molar-refractivity contribution in [3.8, 4) is 0 Å². The Morgan fingerprint density at radius 1 is 1.07 bits per heavy atom. The van der Waals surface area contributed by atoms with Crippen LogP contribution >= 0.6 is 17.0 Å². The monoisotopic (exact) mass is 448 g/mol. The summed E-state index contributed by atoms with van der Waals surface area (Å²) in [5, 5.41) is 12.7. The largest absolute Gasteiger partial charge is 0.395 e. The van der Waals surface area contributed by atoms with E-state index in [4.69, 9.17) is 10.1 Å². The van der Waals surface area contributed by atoms with E-state index in [9.17, 15) is 4.39 Å². The predicted octanol–water partition coefficient (Wildman–Crippen LogP) is 3.67. The molecule has 1 saturated heterocycles. The molecular formula is C21H26BrFN4O. The van der Waals surface area contributed by atoms with Gasteiger partial charge in [-0.25, -0.2) is 9.37 Å². The highest BCUT2D eigenvalue weighted by atomic mass is 79.9. The highest BCUT2D eigenvalue weighted by Crippen LogP contribution is 2.24. The summed E-state index contributed by atoms with van der Waals surface area (Å²) in [6.45, 7) is 3.57. The van der Waals surface area contributed by atoms with E-state index in [2.05, 4.69) is 20.9 Å². The van der Waals surface area contributed by atoms with Gasteiger partial charge in [0.2, 0.25) is 5.95 Å². The van der Waals surface area contributed by atoms with Gasteiger partial charge in [-0.2, -0.15) is 0 Å². The van der Waals surface area contributed by atoms with Crippen LogP contribution in [0.3, 0.4) is 0 Å². The molecule has 0 bridgehead atoms. The van der Waals surface area contributed by atoms with Gasteiger partial charge in [0.25, 0.3) is 0 Å². The Labute approximate surface area is 175 Å². The van der Waals surface area contributed by atoms with Gasteiger partial charge in [0, 0.05) is 25.7 Å². The normalized spacial score (nSPS) is 15.5. The zero-order valence-corrected chi connectivity index (χ0v) is 17.4. The van der Waals surface area contributed by atoms with E-state index in [1.165, 1.54) is 12.1 Å². The van der Waals surface area contributed by atoms with Crippen LogP contribution in [0.4, 0.5) is 10.3 Å². The Morgan fingerprint density at radius 2 is 1.79 bits per heavy atom. The number of nitrogens with one attached hydrogen (secondary N) is 1. The van der Waals surface area contributed by atoms with Crippen molar-refractivity contribution < 1.29 is 9.50 Å². The van der Waals surface area contributed by atoms with Gasteiger partial charge in [-0.05, 0) is 42.7 Å². The van der Waals surface area contributed by atoms with Gasteiger partial charge in [-0.3, -0.25) is 0 Å². The van der Waals surface area contributed by atoms with Crippen molar-refractivity contribution in [1.29, 1.82) is 0 Å². The molecule has 1 aromatic heterocycles. The quantitative estimate of drug-likeness (QED) is 0.603. The van der Waals surface area contributed by atoms with Crippen molar-refractivity contribution in [2.45, 2.75) is 25.4 Å². The maximum atomic E-state index is 13.2. The highest BCUT2D eigenvalue weighted by molar-refractivity contribution is 8.93. The van der Waals surface area contributed by atoms with Crippen LogP contribution in [0.5, 0.6) is 0 Å². The van der Waals surface area contributed by atoms with Crippen LogP contribution in [0.15, 0.2) is 48.5 Å². The second-order valence-electron chi connectivity index (χ2n) is 7.12. The number of benzene rings is 2. The number of imidazole rings is 1. The topological polar surface area (TPSA) is 53.3 Å². The first-order chi connectivity index (χ1) is 13.2. The molecule has 0 atom stereocenters. The van der Waals surface area contributed by atoms with E-state index >= 15 is 0 Å². The van der Waals surface area contributed by atoms with Gasteiger partial charge in [0.05, 0.1) is 24.2 Å². The van der Waals surface area contributed by atoms with Crippen molar-refractivity contribution >= 4 is 34.0 Å². The van der Waals surface area contributed by atoms with Crippen molar-refractivity contribution in [3.63, 3.8) is 0 Å². The fourth-order valence-electron chi connectivity index (χ4n) is 3.74. The van der Waals surface area contributed by atoms with Crippen molar-refractivity contribution in [3.05, 3.63) is 59.9 Å². The molecule has 3 aromatic rings. The minimum atomic E-state index is -0.220. The molecule has 0 saturated carbocycles.